The van der Waals surface area contributed by atoms with Crippen molar-refractivity contribution in [2.45, 2.75) is 11.1 Å². The van der Waals surface area contributed by atoms with Crippen LogP contribution in [-0.4, -0.2) is 43.5 Å². The van der Waals surface area contributed by atoms with Crippen molar-refractivity contribution < 1.29 is 35.9 Å². The summed E-state index contributed by atoms with van der Waals surface area (Å²) in [5.41, 5.74) is 5.22. The molecular weight excluding hydrogens is 493 g/mol. The summed E-state index contributed by atoms with van der Waals surface area (Å²) in [5.74, 6) is -3.90. The molecule has 0 unspecified atom stereocenters. The zero-order valence-electron chi connectivity index (χ0n) is 17.8. The third kappa shape index (κ3) is 6.42. The summed E-state index contributed by atoms with van der Waals surface area (Å²) < 4.78 is 68.2. The van der Waals surface area contributed by atoms with Crippen molar-refractivity contribution in [3.8, 4) is 5.75 Å². The molecule has 5 N–H and O–H groups in total. The van der Waals surface area contributed by atoms with Gasteiger partial charge in [0.15, 0.2) is 0 Å². The second-order valence-corrected chi connectivity index (χ2v) is 8.62. The first kappa shape index (κ1) is 25.4. The Balaban J connectivity index is 1.83. The lowest BCUT2D eigenvalue weighted by atomic mass is 10.1. The van der Waals surface area contributed by atoms with Crippen LogP contribution in [0.2, 0.25) is 0 Å². The van der Waals surface area contributed by atoms with E-state index in [1.807, 2.05) is 0 Å². The van der Waals surface area contributed by atoms with E-state index in [1.165, 1.54) is 43.7 Å². The molecule has 3 aromatic rings. The number of aromatic nitrogens is 2. The molecule has 0 spiro atoms. The van der Waals surface area contributed by atoms with E-state index in [4.69, 9.17) is 5.73 Å². The Morgan fingerprint density at radius 1 is 0.971 bits per heavy atom. The quantitative estimate of drug-likeness (QED) is 0.263. The predicted molar refractivity (Wildman–Crippen MR) is 118 cm³/mol. The minimum Gasteiger partial charge on any atom is -0.419 e. The molecule has 0 bridgehead atoms. The fraction of sp³-hybridized carbons (Fsp3) is 0.100. The molecule has 1 amide bonds. The summed E-state index contributed by atoms with van der Waals surface area (Å²) in [6.07, 6.45) is -4.11. The number of nitrogens with two attached hydrogens (primary N) is 1. The monoisotopic (exact) mass is 510 g/mol. The molecule has 3 rings (SSSR count). The van der Waals surface area contributed by atoms with E-state index in [2.05, 4.69) is 30.1 Å². The van der Waals surface area contributed by atoms with E-state index in [-0.39, 0.29) is 22.2 Å². The molecule has 11 nitrogen and oxygen atoms in total. The van der Waals surface area contributed by atoms with Crippen LogP contribution in [0.15, 0.2) is 59.8 Å². The number of esters is 1. The number of anilines is 4. The largest absolute Gasteiger partial charge is 0.491 e. The Bertz CT molecular complexity index is 1380. The van der Waals surface area contributed by atoms with E-state index in [9.17, 15) is 31.2 Å². The summed E-state index contributed by atoms with van der Waals surface area (Å²) in [5, 5.41) is 5.68. The number of alkyl halides is 3. The van der Waals surface area contributed by atoms with Crippen LogP contribution in [0.3, 0.4) is 0 Å². The van der Waals surface area contributed by atoms with Crippen LogP contribution in [-0.2, 0) is 14.8 Å². The molecule has 0 aliphatic heterocycles. The third-order valence-corrected chi connectivity index (χ3v) is 5.72. The van der Waals surface area contributed by atoms with Crippen molar-refractivity contribution in [3.63, 3.8) is 0 Å². The molecule has 15 heteroatoms. The van der Waals surface area contributed by atoms with Crippen molar-refractivity contribution >= 4 is 44.9 Å². The number of rotatable bonds is 8. The number of sulfonamides is 1. The number of nitrogens with zero attached hydrogens (tertiary/aromatic N) is 2. The number of ether oxygens (including phenoxy) is 1. The number of carbonyl (C=O) groups excluding carboxylic acids is 2. The lowest BCUT2D eigenvalue weighted by molar-refractivity contribution is -0.189. The van der Waals surface area contributed by atoms with E-state index < -0.39 is 39.4 Å². The molecular formula is C20H17F3N6O5S. The minimum absolute atomic E-state index is 0.0212. The van der Waals surface area contributed by atoms with E-state index >= 15 is 0 Å². The average molecular weight is 510 g/mol. The number of nitrogens with one attached hydrogen (secondary N) is 3. The maximum atomic E-state index is 12.6. The van der Waals surface area contributed by atoms with Gasteiger partial charge >= 0.3 is 12.1 Å². The van der Waals surface area contributed by atoms with Gasteiger partial charge in [0.05, 0.1) is 10.5 Å². The standard InChI is InChI=1S/C20H17F3N6O5S/c1-25-35(32,33)13-4-2-3-11(7-13)28-16-9-17(27-10-26-16)29-12-5-6-14(18(24)30)15(8-12)34-19(31)20(21,22)23/h2-10,25H,1H3,(H2,24,30)(H2,26,27,28,29). The molecule has 184 valence electrons. The van der Waals surface area contributed by atoms with Gasteiger partial charge in [-0.05, 0) is 37.4 Å². The van der Waals surface area contributed by atoms with Crippen LogP contribution < -0.4 is 25.8 Å². The SMILES string of the molecule is CNS(=O)(=O)c1cccc(Nc2cc(Nc3ccc(C(N)=O)c(OC(=O)C(F)(F)F)c3)ncn2)c1. The average Bonchev–Trinajstić information content (AvgIpc) is 2.79. The Labute approximate surface area is 196 Å². The second-order valence-electron chi connectivity index (χ2n) is 6.74. The number of hydrogen-bond acceptors (Lipinski definition) is 9. The summed E-state index contributed by atoms with van der Waals surface area (Å²) >= 11 is 0. The number of halogens is 3. The Morgan fingerprint density at radius 2 is 1.60 bits per heavy atom. The Morgan fingerprint density at radius 3 is 2.17 bits per heavy atom. The summed E-state index contributed by atoms with van der Waals surface area (Å²) in [6.45, 7) is 0. The normalized spacial score (nSPS) is 11.5. The molecule has 1 heterocycles. The van der Waals surface area contributed by atoms with Gasteiger partial charge in [-0.3, -0.25) is 4.79 Å². The lowest BCUT2D eigenvalue weighted by Gasteiger charge is -2.13. The maximum Gasteiger partial charge on any atom is 0.491 e. The first-order valence-electron chi connectivity index (χ1n) is 9.51. The van der Waals surface area contributed by atoms with E-state index in [0.717, 1.165) is 12.1 Å². The van der Waals surface area contributed by atoms with Crippen molar-refractivity contribution in [1.29, 1.82) is 0 Å². The van der Waals surface area contributed by atoms with Gasteiger partial charge in [0.1, 0.15) is 23.7 Å². The number of carbonyl (C=O) groups is 2. The number of primary amides is 1. The molecule has 2 aromatic carbocycles. The van der Waals surface area contributed by atoms with Crippen molar-refractivity contribution in [3.05, 3.63) is 60.4 Å². The van der Waals surface area contributed by atoms with Crippen LogP contribution in [0.4, 0.5) is 36.2 Å². The fourth-order valence-corrected chi connectivity index (χ4v) is 3.47. The number of benzene rings is 2. The minimum atomic E-state index is -5.28. The van der Waals surface area contributed by atoms with E-state index in [1.54, 1.807) is 6.07 Å². The fourth-order valence-electron chi connectivity index (χ4n) is 2.69. The van der Waals surface area contributed by atoms with Gasteiger partial charge in [0, 0.05) is 23.5 Å². The van der Waals surface area contributed by atoms with Gasteiger partial charge in [-0.15, -0.1) is 0 Å². The van der Waals surface area contributed by atoms with Crippen LogP contribution in [0.25, 0.3) is 0 Å². The van der Waals surface area contributed by atoms with Crippen LogP contribution in [0.5, 0.6) is 5.75 Å². The summed E-state index contributed by atoms with van der Waals surface area (Å²) in [4.78, 5) is 30.8. The van der Waals surface area contributed by atoms with Gasteiger partial charge in [0.2, 0.25) is 10.0 Å². The van der Waals surface area contributed by atoms with Crippen LogP contribution in [0.1, 0.15) is 10.4 Å². The van der Waals surface area contributed by atoms with Gasteiger partial charge in [0.25, 0.3) is 5.91 Å². The number of hydrogen-bond donors (Lipinski definition) is 4. The Hall–Kier alpha value is -4.24. The van der Waals surface area contributed by atoms with Crippen LogP contribution >= 0.6 is 0 Å². The highest BCUT2D eigenvalue weighted by Gasteiger charge is 2.41. The zero-order chi connectivity index (χ0) is 25.8. The first-order valence-corrected chi connectivity index (χ1v) is 11.0. The van der Waals surface area contributed by atoms with Gasteiger partial charge in [-0.25, -0.2) is 27.9 Å². The van der Waals surface area contributed by atoms with Crippen molar-refractivity contribution in [2.75, 3.05) is 17.7 Å². The van der Waals surface area contributed by atoms with Crippen molar-refractivity contribution in [1.82, 2.24) is 14.7 Å². The van der Waals surface area contributed by atoms with Gasteiger partial charge < -0.3 is 21.1 Å². The predicted octanol–water partition coefficient (Wildman–Crippen LogP) is 2.44. The van der Waals surface area contributed by atoms with Crippen LogP contribution in [0, 0.1) is 0 Å². The highest BCUT2D eigenvalue weighted by molar-refractivity contribution is 7.89. The molecule has 0 aliphatic rings. The van der Waals surface area contributed by atoms with E-state index in [0.29, 0.717) is 5.69 Å². The third-order valence-electron chi connectivity index (χ3n) is 4.31. The topological polar surface area (TPSA) is 165 Å². The molecule has 1 aromatic heterocycles. The lowest BCUT2D eigenvalue weighted by Crippen LogP contribution is -2.29. The maximum absolute atomic E-state index is 12.6. The highest BCUT2D eigenvalue weighted by Crippen LogP contribution is 2.28. The molecule has 35 heavy (non-hydrogen) atoms. The second kappa shape index (κ2) is 9.94. The van der Waals surface area contributed by atoms with Crippen molar-refractivity contribution in [2.24, 2.45) is 5.73 Å². The first-order chi connectivity index (χ1) is 16.4. The van der Waals surface area contributed by atoms with Gasteiger partial charge in [-0.1, -0.05) is 6.07 Å². The summed E-state index contributed by atoms with van der Waals surface area (Å²) in [7, 11) is -2.39. The molecule has 0 radical (unpaired) electrons. The van der Waals surface area contributed by atoms with Gasteiger partial charge in [-0.2, -0.15) is 13.2 Å². The Kier molecular flexibility index (Phi) is 7.21. The smallest absolute Gasteiger partial charge is 0.419 e. The zero-order valence-corrected chi connectivity index (χ0v) is 18.6. The molecule has 0 atom stereocenters. The summed E-state index contributed by atoms with van der Waals surface area (Å²) in [6, 6.07) is 10.7. The molecule has 0 saturated heterocycles. The highest BCUT2D eigenvalue weighted by atomic mass is 32.2. The molecule has 0 saturated carbocycles. The molecule has 0 aliphatic carbocycles. The number of amides is 1. The molecule has 0 fully saturated rings.